The summed E-state index contributed by atoms with van der Waals surface area (Å²) in [4.78, 5) is 12.2. The second-order valence-corrected chi connectivity index (χ2v) is 6.27. The Morgan fingerprint density at radius 2 is 2.05 bits per heavy atom. The number of hydrogen-bond acceptors (Lipinski definition) is 2. The summed E-state index contributed by atoms with van der Waals surface area (Å²) in [5, 5.41) is 3.06. The van der Waals surface area contributed by atoms with Crippen molar-refractivity contribution in [2.75, 3.05) is 0 Å². The molecule has 3 nitrogen and oxygen atoms in total. The van der Waals surface area contributed by atoms with Crippen molar-refractivity contribution in [3.05, 3.63) is 35.4 Å². The first-order valence-electron chi connectivity index (χ1n) is 7.04. The van der Waals surface area contributed by atoms with Gasteiger partial charge in [0.15, 0.2) is 0 Å². The number of rotatable bonds is 4. The molecule has 1 saturated carbocycles. The lowest BCUT2D eigenvalue weighted by atomic mass is 9.66. The van der Waals surface area contributed by atoms with Gasteiger partial charge in [-0.2, -0.15) is 0 Å². The normalized spacial score (nSPS) is 26.1. The number of benzene rings is 1. The molecule has 0 unspecified atom stereocenters. The lowest BCUT2D eigenvalue weighted by molar-refractivity contribution is -0.135. The van der Waals surface area contributed by atoms with Crippen LogP contribution in [-0.4, -0.2) is 11.9 Å². The van der Waals surface area contributed by atoms with Crippen molar-refractivity contribution in [3.8, 4) is 0 Å². The molecule has 3 heteroatoms. The van der Waals surface area contributed by atoms with E-state index in [4.69, 9.17) is 5.73 Å². The van der Waals surface area contributed by atoms with E-state index >= 15 is 0 Å². The Hall–Kier alpha value is -1.35. The zero-order valence-corrected chi connectivity index (χ0v) is 12.1. The first-order chi connectivity index (χ1) is 8.92. The average Bonchev–Trinajstić information content (AvgIpc) is 2.34. The fraction of sp³-hybridized carbons (Fsp3) is 0.562. The molecule has 104 valence electrons. The van der Waals surface area contributed by atoms with Gasteiger partial charge in [0.05, 0.1) is 0 Å². The van der Waals surface area contributed by atoms with Gasteiger partial charge < -0.3 is 11.1 Å². The molecule has 0 spiro atoms. The number of amides is 1. The zero-order valence-electron chi connectivity index (χ0n) is 12.1. The Morgan fingerprint density at radius 3 is 2.63 bits per heavy atom. The standard InChI is InChI=1S/C16H24N2O/c1-11(2)14-7-5-4-6-12(14)10-18-15(19)16(3)8-13(17)9-16/h4-7,11,13H,8-10,17H2,1-3H3,(H,18,19). The van der Waals surface area contributed by atoms with E-state index in [9.17, 15) is 4.79 Å². The van der Waals surface area contributed by atoms with Gasteiger partial charge in [-0.25, -0.2) is 0 Å². The lowest BCUT2D eigenvalue weighted by Gasteiger charge is -2.41. The monoisotopic (exact) mass is 260 g/mol. The molecule has 1 amide bonds. The van der Waals surface area contributed by atoms with Crippen LogP contribution in [0.15, 0.2) is 24.3 Å². The fourth-order valence-electron chi connectivity index (χ4n) is 2.93. The first kappa shape index (κ1) is 14.1. The van der Waals surface area contributed by atoms with Crippen LogP contribution in [0.4, 0.5) is 0 Å². The minimum atomic E-state index is -0.258. The van der Waals surface area contributed by atoms with Crippen molar-refractivity contribution in [1.82, 2.24) is 5.32 Å². The van der Waals surface area contributed by atoms with Gasteiger partial charge >= 0.3 is 0 Å². The SMILES string of the molecule is CC(C)c1ccccc1CNC(=O)C1(C)CC(N)C1. The van der Waals surface area contributed by atoms with Crippen LogP contribution in [0.5, 0.6) is 0 Å². The van der Waals surface area contributed by atoms with Crippen molar-refractivity contribution in [3.63, 3.8) is 0 Å². The summed E-state index contributed by atoms with van der Waals surface area (Å²) >= 11 is 0. The van der Waals surface area contributed by atoms with Crippen LogP contribution >= 0.6 is 0 Å². The molecule has 1 aliphatic rings. The Kier molecular flexibility index (Phi) is 3.95. The van der Waals surface area contributed by atoms with Crippen molar-refractivity contribution in [2.24, 2.45) is 11.1 Å². The summed E-state index contributed by atoms with van der Waals surface area (Å²) in [7, 11) is 0. The van der Waals surface area contributed by atoms with Crippen molar-refractivity contribution in [1.29, 1.82) is 0 Å². The average molecular weight is 260 g/mol. The van der Waals surface area contributed by atoms with Crippen LogP contribution in [0, 0.1) is 5.41 Å². The molecule has 1 aromatic rings. The van der Waals surface area contributed by atoms with Gasteiger partial charge in [-0.15, -0.1) is 0 Å². The maximum atomic E-state index is 12.2. The lowest BCUT2D eigenvalue weighted by Crippen LogP contribution is -2.52. The predicted molar refractivity (Wildman–Crippen MR) is 77.7 cm³/mol. The Bertz CT molecular complexity index is 462. The minimum absolute atomic E-state index is 0.132. The number of nitrogens with one attached hydrogen (secondary N) is 1. The van der Waals surface area contributed by atoms with E-state index in [1.807, 2.05) is 19.1 Å². The maximum absolute atomic E-state index is 12.2. The third-order valence-corrected chi connectivity index (χ3v) is 4.09. The Balaban J connectivity index is 1.98. The van der Waals surface area contributed by atoms with Gasteiger partial charge in [0.1, 0.15) is 0 Å². The molecule has 19 heavy (non-hydrogen) atoms. The summed E-state index contributed by atoms with van der Waals surface area (Å²) in [6.07, 6.45) is 1.59. The van der Waals surface area contributed by atoms with E-state index in [0.29, 0.717) is 12.5 Å². The summed E-state index contributed by atoms with van der Waals surface area (Å²) in [5.41, 5.74) is 8.04. The highest BCUT2D eigenvalue weighted by Gasteiger charge is 2.44. The molecular weight excluding hydrogens is 236 g/mol. The number of carbonyl (C=O) groups is 1. The van der Waals surface area contributed by atoms with Gasteiger partial charge in [0, 0.05) is 18.0 Å². The Labute approximate surface area is 115 Å². The quantitative estimate of drug-likeness (QED) is 0.874. The molecule has 0 aliphatic heterocycles. The van der Waals surface area contributed by atoms with E-state index < -0.39 is 0 Å². The van der Waals surface area contributed by atoms with E-state index in [0.717, 1.165) is 12.8 Å². The second-order valence-electron chi connectivity index (χ2n) is 6.27. The molecule has 1 fully saturated rings. The van der Waals surface area contributed by atoms with Crippen LogP contribution in [0.1, 0.15) is 50.7 Å². The van der Waals surface area contributed by atoms with E-state index in [-0.39, 0.29) is 17.4 Å². The third kappa shape index (κ3) is 2.98. The highest BCUT2D eigenvalue weighted by atomic mass is 16.2. The van der Waals surface area contributed by atoms with Crippen LogP contribution in [0.25, 0.3) is 0 Å². The zero-order chi connectivity index (χ0) is 14.0. The van der Waals surface area contributed by atoms with Crippen LogP contribution in [0.2, 0.25) is 0 Å². The summed E-state index contributed by atoms with van der Waals surface area (Å²) in [6, 6.07) is 8.48. The number of nitrogens with two attached hydrogens (primary N) is 1. The molecule has 0 bridgehead atoms. The van der Waals surface area contributed by atoms with Crippen molar-refractivity contribution in [2.45, 2.75) is 52.1 Å². The van der Waals surface area contributed by atoms with Crippen LogP contribution in [0.3, 0.4) is 0 Å². The molecule has 1 aliphatic carbocycles. The highest BCUT2D eigenvalue weighted by Crippen LogP contribution is 2.39. The van der Waals surface area contributed by atoms with E-state index in [1.54, 1.807) is 0 Å². The van der Waals surface area contributed by atoms with E-state index in [2.05, 4.69) is 31.3 Å². The molecule has 0 saturated heterocycles. The predicted octanol–water partition coefficient (Wildman–Crippen LogP) is 2.55. The van der Waals surface area contributed by atoms with E-state index in [1.165, 1.54) is 11.1 Å². The molecule has 0 atom stereocenters. The number of hydrogen-bond donors (Lipinski definition) is 2. The largest absolute Gasteiger partial charge is 0.352 e. The molecule has 0 radical (unpaired) electrons. The summed E-state index contributed by atoms with van der Waals surface area (Å²) in [6.45, 7) is 6.96. The maximum Gasteiger partial charge on any atom is 0.226 e. The first-order valence-corrected chi connectivity index (χ1v) is 7.04. The summed E-state index contributed by atoms with van der Waals surface area (Å²) in [5.74, 6) is 0.605. The van der Waals surface area contributed by atoms with Crippen molar-refractivity contribution >= 4 is 5.91 Å². The van der Waals surface area contributed by atoms with Gasteiger partial charge in [-0.05, 0) is 29.9 Å². The number of carbonyl (C=O) groups excluding carboxylic acids is 1. The van der Waals surface area contributed by atoms with Gasteiger partial charge in [-0.3, -0.25) is 4.79 Å². The van der Waals surface area contributed by atoms with Crippen molar-refractivity contribution < 1.29 is 4.79 Å². The molecule has 2 rings (SSSR count). The van der Waals surface area contributed by atoms with Crippen LogP contribution in [-0.2, 0) is 11.3 Å². The topological polar surface area (TPSA) is 55.1 Å². The molecule has 1 aromatic carbocycles. The van der Waals surface area contributed by atoms with Gasteiger partial charge in [0.25, 0.3) is 0 Å². The fourth-order valence-corrected chi connectivity index (χ4v) is 2.93. The smallest absolute Gasteiger partial charge is 0.226 e. The summed E-state index contributed by atoms with van der Waals surface area (Å²) < 4.78 is 0. The van der Waals surface area contributed by atoms with Gasteiger partial charge in [-0.1, -0.05) is 45.0 Å². The molecular formula is C16H24N2O. The second kappa shape index (κ2) is 5.33. The highest BCUT2D eigenvalue weighted by molar-refractivity contribution is 5.83. The van der Waals surface area contributed by atoms with Gasteiger partial charge in [0.2, 0.25) is 5.91 Å². The molecule has 3 N–H and O–H groups in total. The Morgan fingerprint density at radius 1 is 1.42 bits per heavy atom. The van der Waals surface area contributed by atoms with Crippen LogP contribution < -0.4 is 11.1 Å². The minimum Gasteiger partial charge on any atom is -0.352 e. The molecule has 0 heterocycles. The molecule has 0 aromatic heterocycles. The third-order valence-electron chi connectivity index (χ3n) is 4.09.